The molecular formula is C12H19N3. The molecule has 1 saturated carbocycles. The summed E-state index contributed by atoms with van der Waals surface area (Å²) in [6, 6.07) is 6.10. The standard InChI is InChI=1S/C12H19N3/c1-13-11-7-4-8-12(14-11)15(2)9-10-5-3-6-10/h4,7-8,10H,3,5-6,9H2,1-2H3,(H,13,14). The van der Waals surface area contributed by atoms with Gasteiger partial charge >= 0.3 is 0 Å². The fourth-order valence-corrected chi connectivity index (χ4v) is 1.93. The molecule has 1 aromatic heterocycles. The lowest BCUT2D eigenvalue weighted by molar-refractivity contribution is 0.321. The highest BCUT2D eigenvalue weighted by atomic mass is 15.2. The van der Waals surface area contributed by atoms with Crippen LogP contribution in [0, 0.1) is 5.92 Å². The quantitative estimate of drug-likeness (QED) is 0.818. The molecule has 82 valence electrons. The van der Waals surface area contributed by atoms with Gasteiger partial charge in [-0.05, 0) is 30.9 Å². The summed E-state index contributed by atoms with van der Waals surface area (Å²) in [4.78, 5) is 6.77. The van der Waals surface area contributed by atoms with Gasteiger partial charge in [-0.2, -0.15) is 0 Å². The van der Waals surface area contributed by atoms with E-state index in [4.69, 9.17) is 0 Å². The summed E-state index contributed by atoms with van der Waals surface area (Å²) >= 11 is 0. The fourth-order valence-electron chi connectivity index (χ4n) is 1.93. The molecule has 0 aliphatic heterocycles. The molecule has 2 rings (SSSR count). The number of nitrogens with zero attached hydrogens (tertiary/aromatic N) is 2. The maximum Gasteiger partial charge on any atom is 0.130 e. The van der Waals surface area contributed by atoms with Crippen LogP contribution in [0.1, 0.15) is 19.3 Å². The maximum absolute atomic E-state index is 4.52. The lowest BCUT2D eigenvalue weighted by Gasteiger charge is -2.30. The summed E-state index contributed by atoms with van der Waals surface area (Å²) in [6.07, 6.45) is 4.18. The van der Waals surface area contributed by atoms with Gasteiger partial charge in [0.1, 0.15) is 11.6 Å². The van der Waals surface area contributed by atoms with Crippen LogP contribution in [-0.4, -0.2) is 25.6 Å². The van der Waals surface area contributed by atoms with E-state index < -0.39 is 0 Å². The first-order valence-electron chi connectivity index (χ1n) is 5.65. The smallest absolute Gasteiger partial charge is 0.130 e. The van der Waals surface area contributed by atoms with Gasteiger partial charge in [0.15, 0.2) is 0 Å². The summed E-state index contributed by atoms with van der Waals surface area (Å²) in [7, 11) is 4.03. The minimum Gasteiger partial charge on any atom is -0.373 e. The van der Waals surface area contributed by atoms with Crippen molar-refractivity contribution in [3.8, 4) is 0 Å². The molecule has 0 bridgehead atoms. The Labute approximate surface area is 91.5 Å². The monoisotopic (exact) mass is 205 g/mol. The number of rotatable bonds is 4. The average molecular weight is 205 g/mol. The summed E-state index contributed by atoms with van der Waals surface area (Å²) < 4.78 is 0. The number of pyridine rings is 1. The molecule has 0 radical (unpaired) electrons. The Kier molecular flexibility index (Phi) is 3.09. The normalized spacial score (nSPS) is 15.9. The number of hydrogen-bond acceptors (Lipinski definition) is 3. The molecule has 0 aromatic carbocycles. The summed E-state index contributed by atoms with van der Waals surface area (Å²) in [6.45, 7) is 1.14. The van der Waals surface area contributed by atoms with Crippen LogP contribution >= 0.6 is 0 Å². The van der Waals surface area contributed by atoms with E-state index in [0.717, 1.165) is 24.1 Å². The largest absolute Gasteiger partial charge is 0.373 e. The van der Waals surface area contributed by atoms with Crippen LogP contribution in [-0.2, 0) is 0 Å². The molecule has 0 saturated heterocycles. The van der Waals surface area contributed by atoms with E-state index in [9.17, 15) is 0 Å². The van der Waals surface area contributed by atoms with Crippen LogP contribution in [0.15, 0.2) is 18.2 Å². The van der Waals surface area contributed by atoms with E-state index in [-0.39, 0.29) is 0 Å². The zero-order chi connectivity index (χ0) is 10.7. The molecule has 1 aromatic rings. The van der Waals surface area contributed by atoms with E-state index in [2.05, 4.69) is 28.3 Å². The second-order valence-electron chi connectivity index (χ2n) is 4.31. The van der Waals surface area contributed by atoms with Crippen LogP contribution < -0.4 is 10.2 Å². The van der Waals surface area contributed by atoms with Crippen molar-refractivity contribution in [3.05, 3.63) is 18.2 Å². The van der Waals surface area contributed by atoms with Crippen LogP contribution in [0.4, 0.5) is 11.6 Å². The minimum atomic E-state index is 0.884. The van der Waals surface area contributed by atoms with E-state index in [1.165, 1.54) is 19.3 Å². The average Bonchev–Trinajstić information content (AvgIpc) is 2.23. The fraction of sp³-hybridized carbons (Fsp3) is 0.583. The topological polar surface area (TPSA) is 28.2 Å². The predicted octanol–water partition coefficient (Wildman–Crippen LogP) is 2.36. The second-order valence-corrected chi connectivity index (χ2v) is 4.31. The molecule has 3 nitrogen and oxygen atoms in total. The van der Waals surface area contributed by atoms with Gasteiger partial charge in [-0.1, -0.05) is 12.5 Å². The Morgan fingerprint density at radius 1 is 1.47 bits per heavy atom. The lowest BCUT2D eigenvalue weighted by Crippen LogP contribution is -2.29. The Morgan fingerprint density at radius 2 is 2.27 bits per heavy atom. The summed E-state index contributed by atoms with van der Waals surface area (Å²) in [5, 5.41) is 3.07. The SMILES string of the molecule is CNc1cccc(N(C)CC2CCC2)n1. The highest BCUT2D eigenvalue weighted by Crippen LogP contribution is 2.28. The Morgan fingerprint density at radius 3 is 2.87 bits per heavy atom. The minimum absolute atomic E-state index is 0.884. The van der Waals surface area contributed by atoms with Gasteiger partial charge in [0.25, 0.3) is 0 Å². The van der Waals surface area contributed by atoms with Gasteiger partial charge in [0.2, 0.25) is 0 Å². The second kappa shape index (κ2) is 4.51. The Hall–Kier alpha value is -1.25. The van der Waals surface area contributed by atoms with Gasteiger partial charge in [0.05, 0.1) is 0 Å². The Bertz CT molecular complexity index is 320. The van der Waals surface area contributed by atoms with Crippen molar-refractivity contribution in [1.29, 1.82) is 0 Å². The van der Waals surface area contributed by atoms with Crippen LogP contribution in [0.3, 0.4) is 0 Å². The van der Waals surface area contributed by atoms with Crippen molar-refractivity contribution < 1.29 is 0 Å². The van der Waals surface area contributed by atoms with Gasteiger partial charge in [-0.25, -0.2) is 4.98 Å². The van der Waals surface area contributed by atoms with Gasteiger partial charge in [-0.3, -0.25) is 0 Å². The molecule has 1 heterocycles. The molecule has 3 heteroatoms. The lowest BCUT2D eigenvalue weighted by atomic mass is 9.85. The molecule has 1 N–H and O–H groups in total. The summed E-state index contributed by atoms with van der Waals surface area (Å²) in [5.74, 6) is 2.89. The van der Waals surface area contributed by atoms with Gasteiger partial charge in [-0.15, -0.1) is 0 Å². The molecule has 0 amide bonds. The van der Waals surface area contributed by atoms with Crippen molar-refractivity contribution in [1.82, 2.24) is 4.98 Å². The first-order chi connectivity index (χ1) is 7.29. The van der Waals surface area contributed by atoms with E-state index >= 15 is 0 Å². The number of aromatic nitrogens is 1. The van der Waals surface area contributed by atoms with E-state index in [0.29, 0.717) is 0 Å². The third kappa shape index (κ3) is 2.41. The van der Waals surface area contributed by atoms with Crippen molar-refractivity contribution >= 4 is 11.6 Å². The zero-order valence-electron chi connectivity index (χ0n) is 9.53. The number of hydrogen-bond donors (Lipinski definition) is 1. The number of anilines is 2. The molecule has 0 spiro atoms. The molecule has 1 aliphatic carbocycles. The van der Waals surface area contributed by atoms with E-state index in [1.807, 2.05) is 19.2 Å². The first-order valence-corrected chi connectivity index (χ1v) is 5.65. The van der Waals surface area contributed by atoms with E-state index in [1.54, 1.807) is 0 Å². The third-order valence-electron chi connectivity index (χ3n) is 3.14. The molecule has 0 atom stereocenters. The molecule has 0 unspecified atom stereocenters. The Balaban J connectivity index is 1.99. The molecule has 1 aliphatic rings. The molecule has 15 heavy (non-hydrogen) atoms. The highest BCUT2D eigenvalue weighted by molar-refractivity contribution is 5.46. The van der Waals surface area contributed by atoms with Crippen LogP contribution in [0.25, 0.3) is 0 Å². The molecule has 1 fully saturated rings. The van der Waals surface area contributed by atoms with Crippen molar-refractivity contribution in [2.75, 3.05) is 30.9 Å². The first kappa shape index (κ1) is 10.3. The van der Waals surface area contributed by atoms with Crippen molar-refractivity contribution in [3.63, 3.8) is 0 Å². The summed E-state index contributed by atoms with van der Waals surface area (Å²) in [5.41, 5.74) is 0. The third-order valence-corrected chi connectivity index (χ3v) is 3.14. The van der Waals surface area contributed by atoms with Gasteiger partial charge in [0, 0.05) is 20.6 Å². The zero-order valence-corrected chi connectivity index (χ0v) is 9.53. The van der Waals surface area contributed by atoms with Gasteiger partial charge < -0.3 is 10.2 Å². The highest BCUT2D eigenvalue weighted by Gasteiger charge is 2.19. The number of nitrogens with one attached hydrogen (secondary N) is 1. The van der Waals surface area contributed by atoms with Crippen molar-refractivity contribution in [2.45, 2.75) is 19.3 Å². The van der Waals surface area contributed by atoms with Crippen molar-refractivity contribution in [2.24, 2.45) is 5.92 Å². The maximum atomic E-state index is 4.52. The molecular weight excluding hydrogens is 186 g/mol. The van der Waals surface area contributed by atoms with Crippen LogP contribution in [0.2, 0.25) is 0 Å². The predicted molar refractivity (Wildman–Crippen MR) is 64.4 cm³/mol. The van der Waals surface area contributed by atoms with Crippen LogP contribution in [0.5, 0.6) is 0 Å².